The molecule has 0 aliphatic heterocycles. The molecule has 2 aromatic carbocycles. The Kier molecular flexibility index (Phi) is 48.7. The van der Waals surface area contributed by atoms with Crippen molar-refractivity contribution in [1.29, 1.82) is 0 Å². The minimum absolute atomic E-state index is 0.177. The summed E-state index contributed by atoms with van der Waals surface area (Å²) in [5.74, 6) is -3.41. The average molecular weight is 1850 g/mol. The fourth-order valence-electron chi connectivity index (χ4n) is 14.2. The third kappa shape index (κ3) is 42.5. The maximum atomic E-state index is 12.5. The van der Waals surface area contributed by atoms with Crippen LogP contribution in [0, 0.1) is 11.9 Å². The number of aryl methyl sites for hydroxylation is 9. The molecule has 123 heavy (non-hydrogen) atoms. The lowest BCUT2D eigenvalue weighted by Gasteiger charge is -2.24. The molecule has 670 valence electrons. The van der Waals surface area contributed by atoms with Crippen LogP contribution >= 0.6 is 31.9 Å². The fourth-order valence-corrected chi connectivity index (χ4v) is 14.7. The summed E-state index contributed by atoms with van der Waals surface area (Å²) in [5.41, 5.74) is 20.1. The van der Waals surface area contributed by atoms with Gasteiger partial charge in [0, 0.05) is 112 Å². The van der Waals surface area contributed by atoms with Gasteiger partial charge in [0.25, 0.3) is 19.3 Å². The maximum Gasteiger partial charge on any atom is 0.488 e. The molecule has 3 aliphatic carbocycles. The van der Waals surface area contributed by atoms with Crippen LogP contribution < -0.4 is 16.5 Å². The predicted octanol–water partition coefficient (Wildman–Crippen LogP) is 15.3. The molecule has 8 N–H and O–H groups in total. The highest BCUT2D eigenvalue weighted by Gasteiger charge is 2.24. The SMILES string of the molecule is Fc1ccc(Br)cn1.N[C@@H](CCN(CCCCc1ccc2c(n1)CCCC2)CCOCC(F)F)C(=O)O.O=C(O)[C@H](CCN(CCCCc1ccc2c(n1)CCCC2)CCOCC(F)F)Cc1ccc(-c2ccccc2)cn1.O=C(O)[C@H](CCN(CCCCc1ccc2c(n1)CCCC2)CCOCC(F)F)Nc1ccc(Br)cn1.OB(O)c1ccccc1. The molecule has 22 nitrogen and oxygen atoms in total. The van der Waals surface area contributed by atoms with Gasteiger partial charge in [-0.05, 0) is 288 Å². The zero-order valence-electron chi connectivity index (χ0n) is 69.9. The van der Waals surface area contributed by atoms with Gasteiger partial charge in [-0.15, -0.1) is 0 Å². The molecule has 0 fully saturated rings. The number of carboxylic acid groups (broad SMARTS) is 3. The van der Waals surface area contributed by atoms with Crippen molar-refractivity contribution >= 4 is 68.2 Å². The summed E-state index contributed by atoms with van der Waals surface area (Å²) in [7, 11) is -1.34. The number of carboxylic acids is 3. The van der Waals surface area contributed by atoms with Crippen LogP contribution in [0.4, 0.5) is 36.6 Å². The van der Waals surface area contributed by atoms with E-state index in [1.165, 1.54) is 84.6 Å². The number of hydrogen-bond donors (Lipinski definition) is 7. The number of rotatable bonds is 48. The maximum absolute atomic E-state index is 12.5. The highest BCUT2D eigenvalue weighted by molar-refractivity contribution is 9.10. The molecule has 8 aromatic rings. The van der Waals surface area contributed by atoms with Crippen molar-refractivity contribution in [2.45, 2.75) is 192 Å². The lowest BCUT2D eigenvalue weighted by Crippen LogP contribution is -2.37. The summed E-state index contributed by atoms with van der Waals surface area (Å²) in [4.78, 5) is 67.7. The van der Waals surface area contributed by atoms with Gasteiger partial charge in [0.05, 0.1) is 25.7 Å². The van der Waals surface area contributed by atoms with Crippen LogP contribution in [0.1, 0.15) is 153 Å². The molecule has 6 heterocycles. The van der Waals surface area contributed by atoms with E-state index >= 15 is 0 Å². The molecule has 6 aromatic heterocycles. The zero-order valence-corrected chi connectivity index (χ0v) is 73.1. The van der Waals surface area contributed by atoms with Crippen LogP contribution in [0.5, 0.6) is 0 Å². The molecular weight excluding hydrogens is 1730 g/mol. The first-order valence-corrected chi connectivity index (χ1v) is 44.2. The van der Waals surface area contributed by atoms with Crippen LogP contribution in [0.3, 0.4) is 0 Å². The Morgan fingerprint density at radius 2 is 0.862 bits per heavy atom. The number of alkyl halides is 6. The Bertz CT molecular complexity index is 4250. The van der Waals surface area contributed by atoms with Gasteiger partial charge in [0.2, 0.25) is 5.95 Å². The van der Waals surface area contributed by atoms with Crippen molar-refractivity contribution in [1.82, 2.24) is 44.6 Å². The number of ether oxygens (including phenoxy) is 3. The van der Waals surface area contributed by atoms with Crippen LogP contribution in [-0.4, -0.2) is 225 Å². The highest BCUT2D eigenvalue weighted by Crippen LogP contribution is 2.26. The minimum atomic E-state index is -2.50. The molecular formula is C91H119BBr2F7N11O11. The summed E-state index contributed by atoms with van der Waals surface area (Å²) in [6.45, 7) is 4.02. The largest absolute Gasteiger partial charge is 0.488 e. The Morgan fingerprint density at radius 1 is 0.439 bits per heavy atom. The Balaban J connectivity index is 0.000000232. The molecule has 32 heteroatoms. The van der Waals surface area contributed by atoms with Gasteiger partial charge in [0.1, 0.15) is 37.7 Å². The molecule has 0 bridgehead atoms. The zero-order chi connectivity index (χ0) is 88.4. The Labute approximate surface area is 735 Å². The molecule has 0 saturated heterocycles. The van der Waals surface area contributed by atoms with Crippen LogP contribution in [0.15, 0.2) is 161 Å². The number of nitrogens with zero attached hydrogens (tertiary/aromatic N) is 9. The normalized spacial score (nSPS) is 13.5. The van der Waals surface area contributed by atoms with Crippen molar-refractivity contribution in [3.8, 4) is 11.1 Å². The first-order chi connectivity index (χ1) is 59.4. The number of carbonyl (C=O) groups is 3. The van der Waals surface area contributed by atoms with E-state index in [9.17, 15) is 55.3 Å². The molecule has 11 rings (SSSR count). The van der Waals surface area contributed by atoms with E-state index < -0.39 is 88.1 Å². The van der Waals surface area contributed by atoms with Gasteiger partial charge in [0.15, 0.2) is 0 Å². The quantitative estimate of drug-likeness (QED) is 0.00806. The predicted molar refractivity (Wildman–Crippen MR) is 470 cm³/mol. The number of aliphatic carboxylic acids is 3. The third-order valence-electron chi connectivity index (χ3n) is 21.0. The summed E-state index contributed by atoms with van der Waals surface area (Å²) in [6, 6.07) is 40.1. The van der Waals surface area contributed by atoms with Crippen LogP contribution in [0.25, 0.3) is 11.1 Å². The topological polar surface area (TPSA) is 305 Å². The molecule has 3 atom stereocenters. The standard InChI is InChI=1S/C33H41F2N3O3.C26H35BrF2N4O3.C21H33F2N3O3.C6H7BO2.C5H3BrFN/c34-32(35)24-41-21-20-38(18-7-6-11-29-15-13-26-10-4-5-12-31(26)37-29)19-17-27(33(39)40)22-30-16-14-28(23-36-30)25-8-2-1-3-9-25;27-20-9-11-25(30-17-20)32-23(26(34)35)12-14-33(15-16-36-18-24(28)29)13-4-3-6-21-10-8-19-5-1-2-7-22(19)31-21;22-20(23)15-29-14-13-26(12-10-18(24)21(27)28)11-4-3-6-17-9-8-16-5-1-2-7-19(16)25-17;8-7(9)6-4-2-1-3-5-6;6-4-1-2-5(7)8-3-4/h1-3,8-9,13-16,23,27,32H,4-7,10-12,17-22,24H2,(H,39,40);8-11,17,23-24H,1-7,12-16,18H2,(H,30,32)(H,34,35);8-9,18,20H,1-7,10-15,24H2,(H,27,28);1-5,8-9H;1-3H/t27-;23-;18-;;/m100../s1. The number of halogens is 9. The first-order valence-electron chi connectivity index (χ1n) is 42.6. The molecule has 0 amide bonds. The van der Waals surface area contributed by atoms with Gasteiger partial charge in [-0.2, -0.15) is 4.39 Å². The number of unbranched alkanes of at least 4 members (excludes halogenated alkanes) is 3. The number of anilines is 1. The lowest BCUT2D eigenvalue weighted by atomic mass is 9.81. The van der Waals surface area contributed by atoms with Gasteiger partial charge in [-0.1, -0.05) is 84.9 Å². The number of nitrogens with one attached hydrogen (secondary N) is 1. The van der Waals surface area contributed by atoms with E-state index in [1.54, 1.807) is 54.9 Å². The number of pyridine rings is 6. The van der Waals surface area contributed by atoms with Gasteiger partial charge >= 0.3 is 25.0 Å². The van der Waals surface area contributed by atoms with Crippen LogP contribution in [-0.2, 0) is 92.8 Å². The Morgan fingerprint density at radius 3 is 1.24 bits per heavy atom. The van der Waals surface area contributed by atoms with E-state index in [2.05, 4.69) is 98.3 Å². The van der Waals surface area contributed by atoms with E-state index in [0.717, 1.165) is 159 Å². The van der Waals surface area contributed by atoms with Crippen molar-refractivity contribution in [2.24, 2.45) is 11.7 Å². The molecule has 0 saturated carbocycles. The van der Waals surface area contributed by atoms with E-state index in [-0.39, 0.29) is 19.8 Å². The molecule has 0 radical (unpaired) electrons. The Hall–Kier alpha value is -8.28. The molecule has 0 unspecified atom stereocenters. The lowest BCUT2D eigenvalue weighted by molar-refractivity contribution is -0.142. The van der Waals surface area contributed by atoms with Gasteiger partial charge < -0.3 is 65.3 Å². The van der Waals surface area contributed by atoms with E-state index in [0.29, 0.717) is 76.2 Å². The number of benzene rings is 2. The van der Waals surface area contributed by atoms with Gasteiger partial charge in [-0.25, -0.2) is 41.1 Å². The van der Waals surface area contributed by atoms with Crippen molar-refractivity contribution < 1.29 is 84.7 Å². The van der Waals surface area contributed by atoms with Crippen molar-refractivity contribution in [3.05, 3.63) is 223 Å². The van der Waals surface area contributed by atoms with E-state index in [1.807, 2.05) is 53.4 Å². The summed E-state index contributed by atoms with van der Waals surface area (Å²) >= 11 is 6.43. The molecule has 0 spiro atoms. The number of hydrogen-bond acceptors (Lipinski definition) is 19. The molecule has 3 aliphatic rings. The second-order valence-electron chi connectivity index (χ2n) is 30.6. The van der Waals surface area contributed by atoms with E-state index in [4.69, 9.17) is 50.1 Å². The summed E-state index contributed by atoms with van der Waals surface area (Å²) < 4.78 is 103. The van der Waals surface area contributed by atoms with Crippen molar-refractivity contribution in [3.63, 3.8) is 0 Å². The number of aromatic nitrogens is 6. The van der Waals surface area contributed by atoms with Crippen LogP contribution in [0.2, 0.25) is 0 Å². The monoisotopic (exact) mass is 1840 g/mol. The van der Waals surface area contributed by atoms with Crippen molar-refractivity contribution in [2.75, 3.05) is 104 Å². The third-order valence-corrected chi connectivity index (χ3v) is 22.0. The minimum Gasteiger partial charge on any atom is -0.481 e. The second kappa shape index (κ2) is 58.8. The summed E-state index contributed by atoms with van der Waals surface area (Å²) in [6.07, 6.45) is 20.9. The highest BCUT2D eigenvalue weighted by atomic mass is 79.9. The number of nitrogens with two attached hydrogens (primary N) is 1. The number of fused-ring (bicyclic) bond motifs is 3. The summed E-state index contributed by atoms with van der Waals surface area (Å²) in [5, 5.41) is 48.6. The second-order valence-corrected chi connectivity index (χ2v) is 32.4. The smallest absolute Gasteiger partial charge is 0.481 e. The fraction of sp³-hybridized carbons (Fsp3) is 0.505. The average Bonchev–Trinajstić information content (AvgIpc) is 0.852. The first kappa shape index (κ1) is 102. The van der Waals surface area contributed by atoms with Gasteiger partial charge in [-0.3, -0.25) is 29.5 Å².